The van der Waals surface area contributed by atoms with Crippen molar-refractivity contribution in [1.82, 2.24) is 9.62 Å². The summed E-state index contributed by atoms with van der Waals surface area (Å²) < 4.78 is 51.4. The van der Waals surface area contributed by atoms with Gasteiger partial charge in [-0.2, -0.15) is 4.31 Å². The Morgan fingerprint density at radius 2 is 1.77 bits per heavy atom. The first-order valence-electron chi connectivity index (χ1n) is 7.16. The molecule has 1 aromatic rings. The molecule has 0 aliphatic carbocycles. The second kappa shape index (κ2) is 9.76. The predicted octanol–water partition coefficient (Wildman–Crippen LogP) is 0.397. The van der Waals surface area contributed by atoms with Crippen molar-refractivity contribution in [3.05, 3.63) is 24.3 Å². The quantitative estimate of drug-likeness (QED) is 0.568. The number of anilines is 1. The smallest absolute Gasteiger partial charge is 0.277 e. The van der Waals surface area contributed by atoms with E-state index in [0.717, 1.165) is 11.4 Å². The van der Waals surface area contributed by atoms with Crippen molar-refractivity contribution in [2.45, 2.75) is 17.7 Å². The van der Waals surface area contributed by atoms with Gasteiger partial charge in [0.15, 0.2) is 0 Å². The van der Waals surface area contributed by atoms with Crippen LogP contribution in [0, 0.1) is 0 Å². The van der Waals surface area contributed by atoms with E-state index >= 15 is 0 Å². The van der Waals surface area contributed by atoms with Gasteiger partial charge < -0.3 is 16.4 Å². The molecule has 0 saturated carbocycles. The van der Waals surface area contributed by atoms with Gasteiger partial charge in [-0.25, -0.2) is 17.2 Å². The Kier molecular flexibility index (Phi) is 9.08. The van der Waals surface area contributed by atoms with E-state index in [0.29, 0.717) is 5.69 Å². The van der Waals surface area contributed by atoms with Gasteiger partial charge in [-0.15, -0.1) is 12.4 Å². The number of nitrogens with zero attached hydrogens (tertiary/aromatic N) is 1. The molecular weight excluding hydrogens is 394 g/mol. The van der Waals surface area contributed by atoms with Gasteiger partial charge in [0.05, 0.1) is 24.5 Å². The number of benzene rings is 1. The van der Waals surface area contributed by atoms with E-state index in [1.807, 2.05) is 5.32 Å². The molecule has 0 radical (unpaired) electrons. The van der Waals surface area contributed by atoms with Crippen molar-refractivity contribution in [2.75, 3.05) is 32.0 Å². The first-order chi connectivity index (χ1) is 11.5. The Hall–Kier alpha value is -1.82. The summed E-state index contributed by atoms with van der Waals surface area (Å²) in [6, 6.07) is 5.31. The monoisotopic (exact) mass is 414 g/mol. The van der Waals surface area contributed by atoms with Crippen LogP contribution < -0.4 is 16.4 Å². The molecule has 0 bridgehead atoms. The number of alkyl halides is 2. The number of amides is 2. The largest absolute Gasteiger partial charge is 0.349 e. The van der Waals surface area contributed by atoms with E-state index < -0.39 is 41.5 Å². The normalized spacial score (nSPS) is 11.6. The molecule has 0 fully saturated rings. The molecule has 0 aliphatic rings. The van der Waals surface area contributed by atoms with Crippen molar-refractivity contribution >= 4 is 39.9 Å². The van der Waals surface area contributed by atoms with Crippen LogP contribution in [0.4, 0.5) is 14.5 Å². The number of nitrogens with two attached hydrogens (primary N) is 1. The lowest BCUT2D eigenvalue weighted by atomic mass is 10.3. The lowest BCUT2D eigenvalue weighted by Gasteiger charge is -2.19. The number of rotatable bonds is 8. The molecule has 0 atom stereocenters. The van der Waals surface area contributed by atoms with Gasteiger partial charge in [-0.3, -0.25) is 9.59 Å². The molecule has 0 heterocycles. The van der Waals surface area contributed by atoms with Crippen LogP contribution in [0.2, 0.25) is 0 Å². The van der Waals surface area contributed by atoms with Crippen molar-refractivity contribution in [3.8, 4) is 0 Å². The highest BCUT2D eigenvalue weighted by atomic mass is 35.5. The molecular formula is C14H21ClF2N4O4S. The summed E-state index contributed by atoms with van der Waals surface area (Å²) in [5.74, 6) is -4.44. The molecule has 26 heavy (non-hydrogen) atoms. The fraction of sp³-hybridized carbons (Fsp3) is 0.429. The maximum atomic E-state index is 13.0. The Balaban J connectivity index is 0.00000625. The van der Waals surface area contributed by atoms with Crippen LogP contribution in [0.5, 0.6) is 0 Å². The van der Waals surface area contributed by atoms with Gasteiger partial charge in [0, 0.05) is 19.7 Å². The first kappa shape index (κ1) is 24.2. The number of carbonyl (C=O) groups excluding carboxylic acids is 2. The second-order valence-corrected chi connectivity index (χ2v) is 7.35. The highest BCUT2D eigenvalue weighted by Crippen LogP contribution is 2.17. The van der Waals surface area contributed by atoms with Crippen molar-refractivity contribution in [1.29, 1.82) is 0 Å². The minimum Gasteiger partial charge on any atom is -0.349 e. The topological polar surface area (TPSA) is 122 Å². The SMILES string of the molecule is CC(=O)Nc1ccc(S(=O)(=O)N(C)CC(=O)NCC(F)(F)CN)cc1.Cl. The van der Waals surface area contributed by atoms with Gasteiger partial charge in [0.25, 0.3) is 5.92 Å². The van der Waals surface area contributed by atoms with Crippen molar-refractivity contribution in [3.63, 3.8) is 0 Å². The average Bonchev–Trinajstić information content (AvgIpc) is 2.53. The molecule has 148 valence electrons. The number of hydrogen-bond acceptors (Lipinski definition) is 5. The third-order valence-electron chi connectivity index (χ3n) is 3.09. The molecule has 0 aliphatic heterocycles. The molecule has 12 heteroatoms. The summed E-state index contributed by atoms with van der Waals surface area (Å²) in [6.07, 6.45) is 0. The molecule has 0 spiro atoms. The predicted molar refractivity (Wildman–Crippen MR) is 94.8 cm³/mol. The lowest BCUT2D eigenvalue weighted by molar-refractivity contribution is -0.123. The van der Waals surface area contributed by atoms with E-state index in [-0.39, 0.29) is 23.2 Å². The Morgan fingerprint density at radius 1 is 1.23 bits per heavy atom. The molecule has 0 unspecified atom stereocenters. The summed E-state index contributed by atoms with van der Waals surface area (Å²) in [5.41, 5.74) is 5.26. The Morgan fingerprint density at radius 3 is 2.23 bits per heavy atom. The fourth-order valence-electron chi connectivity index (χ4n) is 1.74. The Bertz CT molecular complexity index is 729. The zero-order chi connectivity index (χ0) is 19.3. The van der Waals surface area contributed by atoms with Crippen LogP contribution in [0.25, 0.3) is 0 Å². The lowest BCUT2D eigenvalue weighted by Crippen LogP contribution is -2.45. The maximum absolute atomic E-state index is 13.0. The van der Waals surface area contributed by atoms with Crippen LogP contribution in [0.3, 0.4) is 0 Å². The zero-order valence-electron chi connectivity index (χ0n) is 14.2. The molecule has 2 amide bonds. The Labute approximate surface area is 156 Å². The van der Waals surface area contributed by atoms with Gasteiger partial charge in [-0.05, 0) is 24.3 Å². The van der Waals surface area contributed by atoms with Crippen LogP contribution in [-0.4, -0.2) is 57.1 Å². The van der Waals surface area contributed by atoms with E-state index in [9.17, 15) is 26.8 Å². The van der Waals surface area contributed by atoms with E-state index in [1.54, 1.807) is 0 Å². The van der Waals surface area contributed by atoms with Crippen LogP contribution in [-0.2, 0) is 19.6 Å². The summed E-state index contributed by atoms with van der Waals surface area (Å²) >= 11 is 0. The van der Waals surface area contributed by atoms with Gasteiger partial charge >= 0.3 is 0 Å². The third kappa shape index (κ3) is 7.20. The van der Waals surface area contributed by atoms with E-state index in [2.05, 4.69) is 5.32 Å². The first-order valence-corrected chi connectivity index (χ1v) is 8.60. The highest BCUT2D eigenvalue weighted by Gasteiger charge is 2.28. The van der Waals surface area contributed by atoms with E-state index in [1.165, 1.54) is 31.2 Å². The van der Waals surface area contributed by atoms with E-state index in [4.69, 9.17) is 5.73 Å². The minimum atomic E-state index is -3.99. The number of halogens is 3. The number of carbonyl (C=O) groups is 2. The highest BCUT2D eigenvalue weighted by molar-refractivity contribution is 7.89. The number of nitrogens with one attached hydrogen (secondary N) is 2. The third-order valence-corrected chi connectivity index (χ3v) is 4.91. The minimum absolute atomic E-state index is 0. The summed E-state index contributed by atoms with van der Waals surface area (Å²) in [4.78, 5) is 22.5. The van der Waals surface area contributed by atoms with Crippen LogP contribution >= 0.6 is 12.4 Å². The number of likely N-dealkylation sites (N-methyl/N-ethyl adjacent to an activating group) is 1. The summed E-state index contributed by atoms with van der Waals surface area (Å²) in [5, 5.41) is 4.43. The summed E-state index contributed by atoms with van der Waals surface area (Å²) in [6.45, 7) is -1.22. The van der Waals surface area contributed by atoms with Crippen LogP contribution in [0.15, 0.2) is 29.2 Å². The van der Waals surface area contributed by atoms with Gasteiger partial charge in [0.2, 0.25) is 21.8 Å². The summed E-state index contributed by atoms with van der Waals surface area (Å²) in [7, 11) is -2.84. The van der Waals surface area contributed by atoms with Crippen molar-refractivity contribution in [2.24, 2.45) is 5.73 Å². The fourth-order valence-corrected chi connectivity index (χ4v) is 2.86. The van der Waals surface area contributed by atoms with Gasteiger partial charge in [-0.1, -0.05) is 0 Å². The molecule has 0 aromatic heterocycles. The maximum Gasteiger partial charge on any atom is 0.277 e. The number of hydrogen-bond donors (Lipinski definition) is 3. The number of sulfonamides is 1. The molecule has 4 N–H and O–H groups in total. The van der Waals surface area contributed by atoms with Crippen molar-refractivity contribution < 1.29 is 26.8 Å². The molecule has 1 aromatic carbocycles. The second-order valence-electron chi connectivity index (χ2n) is 5.30. The molecule has 1 rings (SSSR count). The average molecular weight is 415 g/mol. The molecule has 0 saturated heterocycles. The standard InChI is InChI=1S/C14H20F2N4O4S.ClH/c1-10(21)19-11-3-5-12(6-4-11)25(23,24)20(2)7-13(22)18-9-14(15,16)8-17;/h3-6H,7-9,17H2,1-2H3,(H,18,22)(H,19,21);1H. The van der Waals surface area contributed by atoms with Crippen LogP contribution in [0.1, 0.15) is 6.92 Å². The zero-order valence-corrected chi connectivity index (χ0v) is 15.8. The molecule has 8 nitrogen and oxygen atoms in total. The van der Waals surface area contributed by atoms with Gasteiger partial charge in [0.1, 0.15) is 0 Å².